The third kappa shape index (κ3) is 4.35. The molecule has 0 aliphatic rings. The van der Waals surface area contributed by atoms with E-state index in [1.165, 1.54) is 24.3 Å². The number of carbonyl (C=O) groups is 1. The maximum Gasteiger partial charge on any atom is 0.206 e. The van der Waals surface area contributed by atoms with Gasteiger partial charge in [-0.05, 0) is 55.3 Å². The molecule has 2 aromatic carbocycles. The highest BCUT2D eigenvalue weighted by atomic mass is 19.1. The minimum absolute atomic E-state index is 0.0598. The lowest BCUT2D eigenvalue weighted by Crippen LogP contribution is -2.26. The van der Waals surface area contributed by atoms with E-state index in [1.807, 2.05) is 43.0 Å². The summed E-state index contributed by atoms with van der Waals surface area (Å²) in [6.07, 6.45) is 1.48. The standard InChI is InChI=1S/C21H21FN2O2/c1-3-24(10-11-25)18-9-8-16(15(2)12-18)13-17(14-23)21(26)19-6-4-5-7-20(19)22/h4-9,12-13,25H,3,10-11H2,1-2H3/b17-13+. The summed E-state index contributed by atoms with van der Waals surface area (Å²) in [5, 5.41) is 18.5. The Balaban J connectivity index is 2.36. The van der Waals surface area contributed by atoms with Crippen LogP contribution in [0.2, 0.25) is 0 Å². The van der Waals surface area contributed by atoms with Gasteiger partial charge < -0.3 is 10.0 Å². The Morgan fingerprint density at radius 1 is 1.31 bits per heavy atom. The van der Waals surface area contributed by atoms with Crippen molar-refractivity contribution in [3.05, 3.63) is 70.5 Å². The quantitative estimate of drug-likeness (QED) is 0.468. The number of hydrogen-bond donors (Lipinski definition) is 1. The Morgan fingerprint density at radius 3 is 2.62 bits per heavy atom. The van der Waals surface area contributed by atoms with Crippen LogP contribution in [0.3, 0.4) is 0 Å². The molecule has 0 saturated heterocycles. The third-order valence-corrected chi connectivity index (χ3v) is 4.15. The van der Waals surface area contributed by atoms with E-state index in [0.717, 1.165) is 23.4 Å². The van der Waals surface area contributed by atoms with Crippen LogP contribution in [0.15, 0.2) is 48.0 Å². The van der Waals surface area contributed by atoms with E-state index in [4.69, 9.17) is 5.11 Å². The van der Waals surface area contributed by atoms with E-state index in [9.17, 15) is 14.4 Å². The van der Waals surface area contributed by atoms with E-state index < -0.39 is 11.6 Å². The lowest BCUT2D eigenvalue weighted by molar-refractivity contribution is 0.103. The Morgan fingerprint density at radius 2 is 2.04 bits per heavy atom. The highest BCUT2D eigenvalue weighted by Crippen LogP contribution is 2.22. The number of hydrogen-bond acceptors (Lipinski definition) is 4. The van der Waals surface area contributed by atoms with Crippen LogP contribution < -0.4 is 4.90 Å². The summed E-state index contributed by atoms with van der Waals surface area (Å²) in [6.45, 7) is 5.22. The van der Waals surface area contributed by atoms with Crippen molar-refractivity contribution in [2.75, 3.05) is 24.6 Å². The minimum Gasteiger partial charge on any atom is -0.395 e. The van der Waals surface area contributed by atoms with Crippen LogP contribution in [0.5, 0.6) is 0 Å². The Bertz CT molecular complexity index is 869. The van der Waals surface area contributed by atoms with Crippen molar-refractivity contribution in [1.82, 2.24) is 0 Å². The van der Waals surface area contributed by atoms with Crippen molar-refractivity contribution in [1.29, 1.82) is 5.26 Å². The van der Waals surface area contributed by atoms with E-state index in [-0.39, 0.29) is 17.7 Å². The monoisotopic (exact) mass is 352 g/mol. The van der Waals surface area contributed by atoms with Crippen molar-refractivity contribution in [3.63, 3.8) is 0 Å². The van der Waals surface area contributed by atoms with Crippen molar-refractivity contribution >= 4 is 17.5 Å². The molecule has 0 aromatic heterocycles. The van der Waals surface area contributed by atoms with E-state index >= 15 is 0 Å². The molecule has 1 N–H and O–H groups in total. The van der Waals surface area contributed by atoms with Gasteiger partial charge in [-0.2, -0.15) is 5.26 Å². The first kappa shape index (κ1) is 19.4. The molecule has 0 spiro atoms. The van der Waals surface area contributed by atoms with Gasteiger partial charge in [-0.3, -0.25) is 4.79 Å². The summed E-state index contributed by atoms with van der Waals surface area (Å²) in [7, 11) is 0. The second-order valence-electron chi connectivity index (χ2n) is 5.82. The second kappa shape index (κ2) is 8.93. The number of aryl methyl sites for hydroxylation is 1. The molecule has 2 aromatic rings. The lowest BCUT2D eigenvalue weighted by Gasteiger charge is -2.22. The Labute approximate surface area is 152 Å². The predicted molar refractivity (Wildman–Crippen MR) is 100 cm³/mol. The molecule has 0 fully saturated rings. The first-order chi connectivity index (χ1) is 12.5. The highest BCUT2D eigenvalue weighted by molar-refractivity contribution is 6.14. The fourth-order valence-electron chi connectivity index (χ4n) is 2.70. The number of nitriles is 1. The molecule has 2 rings (SSSR count). The van der Waals surface area contributed by atoms with Gasteiger partial charge in [-0.15, -0.1) is 0 Å². The zero-order valence-corrected chi connectivity index (χ0v) is 14.9. The number of rotatable bonds is 7. The maximum atomic E-state index is 13.8. The summed E-state index contributed by atoms with van der Waals surface area (Å²) in [4.78, 5) is 14.5. The van der Waals surface area contributed by atoms with Crippen molar-refractivity contribution < 1.29 is 14.3 Å². The molecular weight excluding hydrogens is 331 g/mol. The molecule has 0 radical (unpaired) electrons. The summed E-state index contributed by atoms with van der Waals surface area (Å²) in [5.41, 5.74) is 2.32. The SMILES string of the molecule is CCN(CCO)c1ccc(/C=C(\C#N)C(=O)c2ccccc2F)c(C)c1. The number of carbonyl (C=O) groups excluding carboxylic acids is 1. The average molecular weight is 352 g/mol. The number of aliphatic hydroxyl groups excluding tert-OH is 1. The number of halogens is 1. The molecular formula is C21H21FN2O2. The van der Waals surface area contributed by atoms with Crippen LogP contribution in [0.1, 0.15) is 28.4 Å². The zero-order chi connectivity index (χ0) is 19.1. The summed E-state index contributed by atoms with van der Waals surface area (Å²) in [5.74, 6) is -1.28. The van der Waals surface area contributed by atoms with E-state index in [1.54, 1.807) is 6.07 Å². The van der Waals surface area contributed by atoms with E-state index in [0.29, 0.717) is 6.54 Å². The number of ketones is 1. The Hall–Kier alpha value is -2.97. The first-order valence-corrected chi connectivity index (χ1v) is 8.39. The number of benzene rings is 2. The number of allylic oxidation sites excluding steroid dienone is 1. The lowest BCUT2D eigenvalue weighted by atomic mass is 9.99. The molecule has 0 bridgehead atoms. The highest BCUT2D eigenvalue weighted by Gasteiger charge is 2.16. The Kier molecular flexibility index (Phi) is 6.65. The fraction of sp³-hybridized carbons (Fsp3) is 0.238. The zero-order valence-electron chi connectivity index (χ0n) is 14.9. The third-order valence-electron chi connectivity index (χ3n) is 4.15. The van der Waals surface area contributed by atoms with Crippen LogP contribution in [0.4, 0.5) is 10.1 Å². The van der Waals surface area contributed by atoms with Crippen LogP contribution in [0.25, 0.3) is 6.08 Å². The number of aliphatic hydroxyl groups is 1. The number of Topliss-reactive ketones (excluding diaryl/α,β-unsaturated/α-hetero) is 1. The van der Waals surface area contributed by atoms with Gasteiger partial charge in [-0.1, -0.05) is 18.2 Å². The van der Waals surface area contributed by atoms with Crippen LogP contribution in [0, 0.1) is 24.1 Å². The number of anilines is 1. The van der Waals surface area contributed by atoms with E-state index in [2.05, 4.69) is 0 Å². The normalized spacial score (nSPS) is 11.1. The number of likely N-dealkylation sites (N-methyl/N-ethyl adjacent to an activating group) is 1. The summed E-state index contributed by atoms with van der Waals surface area (Å²) < 4.78 is 13.8. The summed E-state index contributed by atoms with van der Waals surface area (Å²) >= 11 is 0. The first-order valence-electron chi connectivity index (χ1n) is 8.39. The molecule has 0 heterocycles. The second-order valence-corrected chi connectivity index (χ2v) is 5.82. The topological polar surface area (TPSA) is 64.3 Å². The van der Waals surface area contributed by atoms with Gasteiger partial charge in [0, 0.05) is 18.8 Å². The van der Waals surface area contributed by atoms with Gasteiger partial charge in [0.1, 0.15) is 17.5 Å². The average Bonchev–Trinajstić information content (AvgIpc) is 2.65. The van der Waals surface area contributed by atoms with Gasteiger partial charge in [0.25, 0.3) is 0 Å². The molecule has 0 aliphatic heterocycles. The molecule has 0 unspecified atom stereocenters. The van der Waals surface area contributed by atoms with Gasteiger partial charge in [0.05, 0.1) is 12.2 Å². The van der Waals surface area contributed by atoms with Crippen LogP contribution in [-0.2, 0) is 0 Å². The van der Waals surface area contributed by atoms with Crippen molar-refractivity contribution in [2.45, 2.75) is 13.8 Å². The molecule has 0 saturated carbocycles. The van der Waals surface area contributed by atoms with Crippen molar-refractivity contribution in [2.24, 2.45) is 0 Å². The molecule has 134 valence electrons. The molecule has 0 amide bonds. The molecule has 26 heavy (non-hydrogen) atoms. The van der Waals surface area contributed by atoms with Gasteiger partial charge in [0.2, 0.25) is 5.78 Å². The molecule has 5 heteroatoms. The molecule has 4 nitrogen and oxygen atoms in total. The minimum atomic E-state index is -0.645. The number of nitrogens with zero attached hydrogens (tertiary/aromatic N) is 2. The largest absolute Gasteiger partial charge is 0.395 e. The smallest absolute Gasteiger partial charge is 0.206 e. The van der Waals surface area contributed by atoms with Crippen LogP contribution >= 0.6 is 0 Å². The van der Waals surface area contributed by atoms with Crippen molar-refractivity contribution in [3.8, 4) is 6.07 Å². The fourth-order valence-corrected chi connectivity index (χ4v) is 2.70. The maximum absolute atomic E-state index is 13.8. The molecule has 0 aliphatic carbocycles. The summed E-state index contributed by atoms with van der Waals surface area (Å²) in [6, 6.07) is 13.1. The van der Waals surface area contributed by atoms with Gasteiger partial charge in [0.15, 0.2) is 0 Å². The molecule has 0 atom stereocenters. The van der Waals surface area contributed by atoms with Gasteiger partial charge >= 0.3 is 0 Å². The van der Waals surface area contributed by atoms with Gasteiger partial charge in [-0.25, -0.2) is 4.39 Å². The van der Waals surface area contributed by atoms with Crippen LogP contribution in [-0.4, -0.2) is 30.6 Å². The predicted octanol–water partition coefficient (Wildman–Crippen LogP) is 3.74.